The van der Waals surface area contributed by atoms with Gasteiger partial charge >= 0.3 is 0 Å². The second kappa shape index (κ2) is 5.61. The maximum absolute atomic E-state index is 7.82. The number of azide groups is 1. The molecule has 1 aromatic carbocycles. The standard InChI is InChI=1S/C9H7N.C5H11N3/c1-6-2-3-8-7(4-6)9-5-10(8)9;1-2-3-4-5-7-8-6/h2-5H,1H3;2-5H2,1H3. The third-order valence-electron chi connectivity index (χ3n) is 3.06. The Kier molecular flexibility index (Phi) is 3.90. The van der Waals surface area contributed by atoms with Crippen LogP contribution >= 0.6 is 0 Å². The molecule has 0 amide bonds. The molecule has 2 aliphatic heterocycles. The largest absolute Gasteiger partial charge is 0.312 e. The van der Waals surface area contributed by atoms with Crippen LogP contribution in [-0.2, 0) is 0 Å². The summed E-state index contributed by atoms with van der Waals surface area (Å²) < 4.78 is 2.22. The lowest BCUT2D eigenvalue weighted by atomic mass is 10.1. The van der Waals surface area contributed by atoms with Crippen molar-refractivity contribution >= 4 is 10.9 Å². The predicted molar refractivity (Wildman–Crippen MR) is 75.1 cm³/mol. The van der Waals surface area contributed by atoms with Crippen LogP contribution in [-0.4, -0.2) is 11.1 Å². The van der Waals surface area contributed by atoms with Gasteiger partial charge in [-0.15, -0.1) is 0 Å². The second-order valence-corrected chi connectivity index (χ2v) is 4.57. The molecule has 0 atom stereocenters. The van der Waals surface area contributed by atoms with Gasteiger partial charge in [0.1, 0.15) is 0 Å². The van der Waals surface area contributed by atoms with Crippen molar-refractivity contribution in [3.63, 3.8) is 0 Å². The highest BCUT2D eigenvalue weighted by Gasteiger charge is 2.21. The minimum absolute atomic E-state index is 0.657. The number of unbranched alkanes of at least 4 members (excludes halogenated alkanes) is 2. The molecule has 0 aliphatic carbocycles. The summed E-state index contributed by atoms with van der Waals surface area (Å²) in [5.74, 6) is 0. The summed E-state index contributed by atoms with van der Waals surface area (Å²) in [7, 11) is 0. The highest BCUT2D eigenvalue weighted by atomic mass is 15.1. The fraction of sp³-hybridized carbons (Fsp3) is 0.429. The summed E-state index contributed by atoms with van der Waals surface area (Å²) in [5.41, 5.74) is 12.0. The van der Waals surface area contributed by atoms with E-state index in [4.69, 9.17) is 5.53 Å². The van der Waals surface area contributed by atoms with Gasteiger partial charge in [0.25, 0.3) is 0 Å². The highest BCUT2D eigenvalue weighted by molar-refractivity contribution is 6.00. The van der Waals surface area contributed by atoms with Gasteiger partial charge in [0.2, 0.25) is 0 Å². The van der Waals surface area contributed by atoms with Crippen molar-refractivity contribution in [2.75, 3.05) is 6.54 Å². The monoisotopic (exact) mass is 242 g/mol. The van der Waals surface area contributed by atoms with Gasteiger partial charge in [-0.3, -0.25) is 0 Å². The fourth-order valence-electron chi connectivity index (χ4n) is 1.98. The minimum Gasteiger partial charge on any atom is -0.312 e. The lowest BCUT2D eigenvalue weighted by Crippen LogP contribution is -1.87. The summed E-state index contributed by atoms with van der Waals surface area (Å²) in [6, 6.07) is 6.57. The molecule has 0 aromatic heterocycles. The molecule has 0 bridgehead atoms. The Bertz CT molecular complexity index is 591. The lowest BCUT2D eigenvalue weighted by Gasteiger charge is -2.04. The van der Waals surface area contributed by atoms with E-state index in [9.17, 15) is 0 Å². The smallest absolute Gasteiger partial charge is 0.0717 e. The third kappa shape index (κ3) is 2.66. The number of rotatable bonds is 4. The van der Waals surface area contributed by atoms with Gasteiger partial charge in [-0.05, 0) is 31.0 Å². The Balaban J connectivity index is 0.000000139. The van der Waals surface area contributed by atoms with Crippen molar-refractivity contribution in [3.05, 3.63) is 40.4 Å². The van der Waals surface area contributed by atoms with Crippen LogP contribution in [0.3, 0.4) is 0 Å². The van der Waals surface area contributed by atoms with E-state index in [0.717, 1.165) is 6.42 Å². The summed E-state index contributed by atoms with van der Waals surface area (Å²) in [5, 5.41) is 4.82. The molecule has 0 unspecified atom stereocenters. The van der Waals surface area contributed by atoms with Crippen molar-refractivity contribution in [1.29, 1.82) is 0 Å². The number of fused-ring (bicyclic) bond motifs is 4. The van der Waals surface area contributed by atoms with E-state index in [1.807, 2.05) is 0 Å². The third-order valence-corrected chi connectivity index (χ3v) is 3.06. The number of aromatic nitrogens is 1. The van der Waals surface area contributed by atoms with Crippen molar-refractivity contribution in [3.8, 4) is 5.69 Å². The maximum Gasteiger partial charge on any atom is 0.0717 e. The molecule has 94 valence electrons. The number of nitrogens with zero attached hydrogens (tertiary/aromatic N) is 4. The number of hydrogen-bond donors (Lipinski definition) is 0. The number of hydrogen-bond acceptors (Lipinski definition) is 1. The molecule has 0 radical (unpaired) electrons. The summed E-state index contributed by atoms with van der Waals surface area (Å²) in [6.45, 7) is 4.91. The zero-order valence-electron chi connectivity index (χ0n) is 10.9. The van der Waals surface area contributed by atoms with E-state index in [2.05, 4.69) is 52.8 Å². The maximum atomic E-state index is 7.82. The van der Waals surface area contributed by atoms with Crippen LogP contribution in [0.15, 0.2) is 29.5 Å². The van der Waals surface area contributed by atoms with Gasteiger partial charge in [-0.1, -0.05) is 36.5 Å². The SMILES string of the molecule is CCCCCN=[N+]=[N-].Cc1ccc2c(c1)c1cn2-1. The van der Waals surface area contributed by atoms with Crippen LogP contribution in [0.1, 0.15) is 31.7 Å². The first-order valence-electron chi connectivity index (χ1n) is 6.41. The molecule has 4 nitrogen and oxygen atoms in total. The van der Waals surface area contributed by atoms with Gasteiger partial charge in [0.15, 0.2) is 0 Å². The molecule has 2 heterocycles. The fourth-order valence-corrected chi connectivity index (χ4v) is 1.98. The molecular formula is C14H18N4. The van der Waals surface area contributed by atoms with Gasteiger partial charge in [-0.25, -0.2) is 0 Å². The molecule has 3 rings (SSSR count). The van der Waals surface area contributed by atoms with Gasteiger partial charge in [0, 0.05) is 23.0 Å². The average Bonchev–Trinajstić information content (AvgIpc) is 3.09. The van der Waals surface area contributed by atoms with Crippen molar-refractivity contribution < 1.29 is 0 Å². The average molecular weight is 242 g/mol. The Morgan fingerprint density at radius 2 is 2.17 bits per heavy atom. The molecule has 4 heteroatoms. The Hall–Kier alpha value is -1.93. The molecular weight excluding hydrogens is 224 g/mol. The normalized spacial score (nSPS) is 10.6. The van der Waals surface area contributed by atoms with E-state index in [1.54, 1.807) is 0 Å². The molecule has 0 fully saturated rings. The van der Waals surface area contributed by atoms with Gasteiger partial charge < -0.3 is 4.57 Å². The Labute approximate surface area is 107 Å². The van der Waals surface area contributed by atoms with Crippen LogP contribution < -0.4 is 0 Å². The summed E-state index contributed by atoms with van der Waals surface area (Å²) >= 11 is 0. The van der Waals surface area contributed by atoms with E-state index in [-0.39, 0.29) is 0 Å². The molecule has 0 saturated heterocycles. The first-order valence-corrected chi connectivity index (χ1v) is 6.41. The number of benzene rings is 1. The lowest BCUT2D eigenvalue weighted by molar-refractivity contribution is 0.725. The van der Waals surface area contributed by atoms with Crippen LogP contribution in [0.25, 0.3) is 27.0 Å². The zero-order chi connectivity index (χ0) is 13.0. The number of aryl methyl sites for hydroxylation is 1. The van der Waals surface area contributed by atoms with Crippen LogP contribution in [0.2, 0.25) is 0 Å². The molecule has 1 aromatic rings. The van der Waals surface area contributed by atoms with Crippen molar-refractivity contribution in [2.45, 2.75) is 33.1 Å². The molecule has 0 saturated carbocycles. The summed E-state index contributed by atoms with van der Waals surface area (Å²) in [6.07, 6.45) is 5.55. The van der Waals surface area contributed by atoms with Crippen LogP contribution in [0.5, 0.6) is 0 Å². The van der Waals surface area contributed by atoms with Crippen LogP contribution in [0, 0.1) is 6.92 Å². The van der Waals surface area contributed by atoms with Crippen molar-refractivity contribution in [1.82, 2.24) is 4.57 Å². The summed E-state index contributed by atoms with van der Waals surface area (Å²) in [4.78, 5) is 2.63. The molecule has 0 spiro atoms. The zero-order valence-corrected chi connectivity index (χ0v) is 10.9. The first kappa shape index (κ1) is 12.5. The van der Waals surface area contributed by atoms with E-state index >= 15 is 0 Å². The first-order chi connectivity index (χ1) is 8.77. The van der Waals surface area contributed by atoms with Gasteiger partial charge in [-0.2, -0.15) is 0 Å². The van der Waals surface area contributed by atoms with Gasteiger partial charge in [0.05, 0.1) is 11.2 Å². The quantitative estimate of drug-likeness (QED) is 0.274. The molecule has 0 N–H and O–H groups in total. The van der Waals surface area contributed by atoms with Crippen molar-refractivity contribution in [2.24, 2.45) is 5.11 Å². The second-order valence-electron chi connectivity index (χ2n) is 4.57. The predicted octanol–water partition coefficient (Wildman–Crippen LogP) is 4.74. The topological polar surface area (TPSA) is 53.7 Å². The highest BCUT2D eigenvalue weighted by Crippen LogP contribution is 2.38. The minimum atomic E-state index is 0.657. The molecule has 2 aliphatic rings. The molecule has 18 heavy (non-hydrogen) atoms. The van der Waals surface area contributed by atoms with E-state index in [1.165, 1.54) is 35.0 Å². The van der Waals surface area contributed by atoms with E-state index < -0.39 is 0 Å². The van der Waals surface area contributed by atoms with E-state index in [0.29, 0.717) is 6.54 Å². The Morgan fingerprint density at radius 3 is 2.89 bits per heavy atom. The van der Waals surface area contributed by atoms with Crippen LogP contribution in [0.4, 0.5) is 0 Å². The Morgan fingerprint density at radius 1 is 1.33 bits per heavy atom.